The first kappa shape index (κ1) is 12.8. The molecule has 0 aliphatic rings. The van der Waals surface area contributed by atoms with E-state index in [0.29, 0.717) is 18.9 Å². The van der Waals surface area contributed by atoms with Gasteiger partial charge in [0.1, 0.15) is 0 Å². The number of nitrogens with zero attached hydrogens (tertiary/aromatic N) is 3. The number of amidine groups is 1. The molecule has 0 radical (unpaired) electrons. The lowest BCUT2D eigenvalue weighted by atomic mass is 10.3. The lowest BCUT2D eigenvalue weighted by Crippen LogP contribution is -2.30. The molecule has 6 nitrogen and oxygen atoms in total. The predicted octanol–water partition coefficient (Wildman–Crippen LogP) is 1.03. The van der Waals surface area contributed by atoms with Crippen LogP contribution in [-0.4, -0.2) is 28.8 Å². The first-order valence-corrected chi connectivity index (χ1v) is 5.11. The Morgan fingerprint density at radius 1 is 1.71 bits per heavy atom. The molecular weight excluding hydrogens is 220 g/mol. The van der Waals surface area contributed by atoms with Gasteiger partial charge in [-0.3, -0.25) is 20.1 Å². The highest BCUT2D eigenvalue weighted by atomic mass is 16.6. The number of hydrogen-bond acceptors (Lipinski definition) is 4. The molecule has 6 heteroatoms. The molecule has 1 rings (SSSR count). The van der Waals surface area contributed by atoms with Crippen LogP contribution in [-0.2, 0) is 6.54 Å². The minimum atomic E-state index is -0.418. The highest BCUT2D eigenvalue weighted by molar-refractivity contribution is 5.83. The fourth-order valence-corrected chi connectivity index (χ4v) is 1.15. The summed E-state index contributed by atoms with van der Waals surface area (Å²) in [5.41, 5.74) is 0.911. The van der Waals surface area contributed by atoms with Crippen molar-refractivity contribution in [3.63, 3.8) is 0 Å². The van der Waals surface area contributed by atoms with E-state index in [2.05, 4.69) is 21.9 Å². The zero-order chi connectivity index (χ0) is 12.5. The van der Waals surface area contributed by atoms with Gasteiger partial charge in [-0.1, -0.05) is 12.1 Å². The van der Waals surface area contributed by atoms with Crippen LogP contribution in [0.5, 0.6) is 0 Å². The Morgan fingerprint density at radius 2 is 2.53 bits per heavy atom. The van der Waals surface area contributed by atoms with Gasteiger partial charge < -0.3 is 5.32 Å². The minimum Gasteiger partial charge on any atom is -0.365 e. The quantitative estimate of drug-likeness (QED) is 0.262. The van der Waals surface area contributed by atoms with E-state index in [9.17, 15) is 10.1 Å². The lowest BCUT2D eigenvalue weighted by Gasteiger charge is -2.03. The van der Waals surface area contributed by atoms with Crippen molar-refractivity contribution in [1.82, 2.24) is 10.3 Å². The second-order valence-electron chi connectivity index (χ2n) is 3.28. The van der Waals surface area contributed by atoms with E-state index >= 15 is 0 Å². The van der Waals surface area contributed by atoms with Crippen LogP contribution in [0.1, 0.15) is 5.56 Å². The Labute approximate surface area is 99.2 Å². The molecule has 1 aromatic rings. The van der Waals surface area contributed by atoms with Crippen LogP contribution in [0.25, 0.3) is 0 Å². The van der Waals surface area contributed by atoms with Gasteiger partial charge >= 0.3 is 0 Å². The molecule has 0 amide bonds. The van der Waals surface area contributed by atoms with Gasteiger partial charge in [0.05, 0.1) is 6.54 Å². The molecule has 0 aromatic carbocycles. The van der Waals surface area contributed by atoms with Crippen molar-refractivity contribution >= 4 is 5.84 Å². The summed E-state index contributed by atoms with van der Waals surface area (Å²) >= 11 is 0. The molecule has 90 valence electrons. The van der Waals surface area contributed by atoms with Gasteiger partial charge in [-0.15, -0.1) is 6.58 Å². The topological polar surface area (TPSA) is 80.4 Å². The third-order valence-corrected chi connectivity index (χ3v) is 1.90. The Hall–Kier alpha value is -2.24. The maximum Gasteiger partial charge on any atom is 0.259 e. The van der Waals surface area contributed by atoms with Gasteiger partial charge in [-0.2, -0.15) is 0 Å². The smallest absolute Gasteiger partial charge is 0.259 e. The highest BCUT2D eigenvalue weighted by Gasteiger charge is 2.05. The number of nitrogens with one attached hydrogen (secondary N) is 1. The summed E-state index contributed by atoms with van der Waals surface area (Å²) in [5, 5.41) is 13.3. The first-order valence-electron chi connectivity index (χ1n) is 5.11. The van der Waals surface area contributed by atoms with E-state index in [4.69, 9.17) is 0 Å². The molecule has 0 unspecified atom stereocenters. The number of rotatable bonds is 6. The van der Waals surface area contributed by atoms with Crippen LogP contribution < -0.4 is 5.32 Å². The second-order valence-corrected chi connectivity index (χ2v) is 3.28. The number of aliphatic imine (C=N–C) groups is 1. The summed E-state index contributed by atoms with van der Waals surface area (Å²) in [6.07, 6.45) is 4.97. The maximum absolute atomic E-state index is 10.4. The fraction of sp³-hybridized carbons (Fsp3) is 0.273. The average molecular weight is 234 g/mol. The first-order chi connectivity index (χ1) is 8.22. The van der Waals surface area contributed by atoms with Crippen molar-refractivity contribution in [2.45, 2.75) is 6.54 Å². The second kappa shape index (κ2) is 7.10. The van der Waals surface area contributed by atoms with Crippen LogP contribution in [0.2, 0.25) is 0 Å². The molecule has 1 heterocycles. The molecule has 0 spiro atoms. The molecule has 0 atom stereocenters. The van der Waals surface area contributed by atoms with Crippen molar-refractivity contribution in [2.24, 2.45) is 4.99 Å². The lowest BCUT2D eigenvalue weighted by molar-refractivity contribution is -0.463. The molecule has 0 bridgehead atoms. The van der Waals surface area contributed by atoms with Gasteiger partial charge in [0.25, 0.3) is 6.54 Å². The van der Waals surface area contributed by atoms with E-state index in [-0.39, 0.29) is 6.54 Å². The molecule has 0 saturated carbocycles. The summed E-state index contributed by atoms with van der Waals surface area (Å²) in [6.45, 7) is 4.06. The van der Waals surface area contributed by atoms with Crippen LogP contribution in [0.4, 0.5) is 0 Å². The largest absolute Gasteiger partial charge is 0.365 e. The van der Waals surface area contributed by atoms with Crippen LogP contribution in [0, 0.1) is 10.1 Å². The van der Waals surface area contributed by atoms with E-state index in [0.717, 1.165) is 5.56 Å². The summed E-state index contributed by atoms with van der Waals surface area (Å²) < 4.78 is 0. The molecule has 0 aliphatic heterocycles. The Balaban J connectivity index is 2.61. The van der Waals surface area contributed by atoms with Crippen LogP contribution in [0.3, 0.4) is 0 Å². The zero-order valence-electron chi connectivity index (χ0n) is 9.37. The van der Waals surface area contributed by atoms with Gasteiger partial charge in [-0.25, -0.2) is 0 Å². The third-order valence-electron chi connectivity index (χ3n) is 1.90. The summed E-state index contributed by atoms with van der Waals surface area (Å²) in [5.74, 6) is 0.346. The molecule has 17 heavy (non-hydrogen) atoms. The standard InChI is InChI=1S/C11H14N4O2/c1-2-5-13-11(9-15(16)17)14-8-10-4-3-6-12-7-10/h2-4,6-7H,1,5,8-9H2,(H,13,14). The zero-order valence-corrected chi connectivity index (χ0v) is 9.37. The minimum absolute atomic E-state index is 0.311. The molecule has 0 aliphatic carbocycles. The van der Waals surface area contributed by atoms with E-state index < -0.39 is 4.92 Å². The van der Waals surface area contributed by atoms with Crippen LogP contribution in [0.15, 0.2) is 42.2 Å². The van der Waals surface area contributed by atoms with Gasteiger partial charge in [0.15, 0.2) is 5.84 Å². The van der Waals surface area contributed by atoms with Crippen molar-refractivity contribution < 1.29 is 4.92 Å². The van der Waals surface area contributed by atoms with Crippen molar-refractivity contribution in [3.05, 3.63) is 52.9 Å². The van der Waals surface area contributed by atoms with Gasteiger partial charge in [0, 0.05) is 23.9 Å². The number of hydrogen-bond donors (Lipinski definition) is 1. The highest BCUT2D eigenvalue weighted by Crippen LogP contribution is 1.97. The van der Waals surface area contributed by atoms with Crippen molar-refractivity contribution in [2.75, 3.05) is 13.1 Å². The molecule has 1 N–H and O–H groups in total. The Kier molecular flexibility index (Phi) is 5.36. The summed E-state index contributed by atoms with van der Waals surface area (Å²) in [4.78, 5) is 18.1. The Bertz CT molecular complexity index is 403. The van der Waals surface area contributed by atoms with Gasteiger partial charge in [-0.05, 0) is 11.6 Å². The fourth-order valence-electron chi connectivity index (χ4n) is 1.15. The summed E-state index contributed by atoms with van der Waals surface area (Å²) in [6, 6.07) is 3.67. The predicted molar refractivity (Wildman–Crippen MR) is 65.4 cm³/mol. The SMILES string of the molecule is C=CCNC(C[N+](=O)[O-])=NCc1cccnc1. The maximum atomic E-state index is 10.4. The monoisotopic (exact) mass is 234 g/mol. The van der Waals surface area contributed by atoms with Crippen molar-refractivity contribution in [1.29, 1.82) is 0 Å². The van der Waals surface area contributed by atoms with Crippen molar-refractivity contribution in [3.8, 4) is 0 Å². The number of nitro groups is 1. The van der Waals surface area contributed by atoms with E-state index in [1.165, 1.54) is 0 Å². The number of pyridine rings is 1. The van der Waals surface area contributed by atoms with E-state index in [1.54, 1.807) is 24.5 Å². The number of aromatic nitrogens is 1. The Morgan fingerprint density at radius 3 is 3.12 bits per heavy atom. The molecular formula is C11H14N4O2. The van der Waals surface area contributed by atoms with Crippen LogP contribution >= 0.6 is 0 Å². The third kappa shape index (κ3) is 5.41. The normalized spacial score (nSPS) is 10.9. The molecule has 0 fully saturated rings. The average Bonchev–Trinajstić information content (AvgIpc) is 2.33. The van der Waals surface area contributed by atoms with Gasteiger partial charge in [0.2, 0.25) is 0 Å². The van der Waals surface area contributed by atoms with E-state index in [1.807, 2.05) is 6.07 Å². The molecule has 0 saturated heterocycles. The summed E-state index contributed by atoms with van der Waals surface area (Å²) in [7, 11) is 0. The molecule has 1 aromatic heterocycles.